The molecule has 0 fully saturated rings. The topological polar surface area (TPSA) is 85.4 Å². The van der Waals surface area contributed by atoms with Gasteiger partial charge in [0, 0.05) is 23.8 Å². The molecule has 1 atom stereocenters. The van der Waals surface area contributed by atoms with Crippen molar-refractivity contribution in [3.8, 4) is 5.75 Å². The van der Waals surface area contributed by atoms with Gasteiger partial charge >= 0.3 is 0 Å². The summed E-state index contributed by atoms with van der Waals surface area (Å²) in [6.07, 6.45) is 3.31. The first-order valence-electron chi connectivity index (χ1n) is 8.57. The van der Waals surface area contributed by atoms with Crippen molar-refractivity contribution < 1.29 is 17.9 Å². The summed E-state index contributed by atoms with van der Waals surface area (Å²) in [4.78, 5) is 17.4. The largest absolute Gasteiger partial charge is 0.497 e. The molecule has 1 aromatic carbocycles. The fraction of sp³-hybridized carbons (Fsp3) is 0.200. The minimum atomic E-state index is -3.74. The molecule has 0 radical (unpaired) electrons. The summed E-state index contributed by atoms with van der Waals surface area (Å²) in [5.41, 5.74) is 0.523. The molecule has 0 spiro atoms. The summed E-state index contributed by atoms with van der Waals surface area (Å²) in [5.74, 6) is 0.349. The van der Waals surface area contributed by atoms with Gasteiger partial charge in [0.1, 0.15) is 11.0 Å². The van der Waals surface area contributed by atoms with Gasteiger partial charge in [-0.05, 0) is 47.3 Å². The Kier molecular flexibility index (Phi) is 6.43. The van der Waals surface area contributed by atoms with Gasteiger partial charge in [-0.25, -0.2) is 8.42 Å². The molecule has 1 amide bonds. The van der Waals surface area contributed by atoms with Crippen LogP contribution in [0.4, 0.5) is 0 Å². The monoisotopic (exact) mass is 416 g/mol. The average molecular weight is 417 g/mol. The number of nitrogens with one attached hydrogen (secondary N) is 1. The second-order valence-electron chi connectivity index (χ2n) is 6.06. The molecule has 0 bridgehead atoms. The molecule has 8 heteroatoms. The van der Waals surface area contributed by atoms with Gasteiger partial charge in [-0.3, -0.25) is 9.78 Å². The van der Waals surface area contributed by atoms with Crippen molar-refractivity contribution >= 4 is 27.1 Å². The van der Waals surface area contributed by atoms with Crippen LogP contribution in [0.1, 0.15) is 15.7 Å². The van der Waals surface area contributed by atoms with Gasteiger partial charge in [-0.15, -0.1) is 11.3 Å². The SMILES string of the molecule is COc1ccc(S(=O)(=O)[C@@H](CNC(=O)Cc2cccs2)c2cccnc2)cc1. The molecular weight excluding hydrogens is 396 g/mol. The van der Waals surface area contributed by atoms with Crippen LogP contribution in [0.15, 0.2) is 71.2 Å². The molecule has 3 rings (SSSR count). The number of ether oxygens (including phenoxy) is 1. The number of amides is 1. The molecule has 146 valence electrons. The zero-order valence-corrected chi connectivity index (χ0v) is 16.9. The summed E-state index contributed by atoms with van der Waals surface area (Å²) in [6, 6.07) is 13.3. The highest BCUT2D eigenvalue weighted by Crippen LogP contribution is 2.29. The summed E-state index contributed by atoms with van der Waals surface area (Å²) in [7, 11) is -2.23. The van der Waals surface area contributed by atoms with E-state index in [2.05, 4.69) is 10.3 Å². The number of carbonyl (C=O) groups excluding carboxylic acids is 1. The van der Waals surface area contributed by atoms with Crippen LogP contribution in [-0.4, -0.2) is 33.0 Å². The molecule has 0 saturated heterocycles. The Morgan fingerprint density at radius 3 is 2.57 bits per heavy atom. The number of nitrogens with zero attached hydrogens (tertiary/aromatic N) is 1. The summed E-state index contributed by atoms with van der Waals surface area (Å²) < 4.78 is 31.6. The molecule has 6 nitrogen and oxygen atoms in total. The Bertz CT molecular complexity index is 1000. The number of pyridine rings is 1. The number of hydrogen-bond acceptors (Lipinski definition) is 6. The number of methoxy groups -OCH3 is 1. The highest BCUT2D eigenvalue weighted by Gasteiger charge is 2.30. The third-order valence-corrected chi connectivity index (χ3v) is 7.21. The van der Waals surface area contributed by atoms with Crippen molar-refractivity contribution in [3.05, 3.63) is 76.7 Å². The van der Waals surface area contributed by atoms with E-state index in [1.807, 2.05) is 17.5 Å². The number of carbonyl (C=O) groups is 1. The lowest BCUT2D eigenvalue weighted by molar-refractivity contribution is -0.120. The lowest BCUT2D eigenvalue weighted by Gasteiger charge is -2.19. The van der Waals surface area contributed by atoms with Crippen LogP contribution in [0, 0.1) is 0 Å². The van der Waals surface area contributed by atoms with Crippen molar-refractivity contribution in [2.75, 3.05) is 13.7 Å². The highest BCUT2D eigenvalue weighted by molar-refractivity contribution is 7.91. The van der Waals surface area contributed by atoms with Crippen molar-refractivity contribution in [1.82, 2.24) is 10.3 Å². The molecule has 2 aromatic heterocycles. The van der Waals surface area contributed by atoms with Gasteiger partial charge in [0.2, 0.25) is 5.91 Å². The van der Waals surface area contributed by atoms with E-state index in [-0.39, 0.29) is 23.8 Å². The average Bonchev–Trinajstić information content (AvgIpc) is 3.22. The molecular formula is C20H20N2O4S2. The molecule has 0 unspecified atom stereocenters. The second kappa shape index (κ2) is 8.99. The molecule has 0 saturated carbocycles. The maximum Gasteiger partial charge on any atom is 0.225 e. The van der Waals surface area contributed by atoms with E-state index in [0.717, 1.165) is 4.88 Å². The lowest BCUT2D eigenvalue weighted by atomic mass is 10.2. The first-order valence-corrected chi connectivity index (χ1v) is 11.0. The lowest BCUT2D eigenvalue weighted by Crippen LogP contribution is -2.32. The van der Waals surface area contributed by atoms with Crippen molar-refractivity contribution in [1.29, 1.82) is 0 Å². The molecule has 28 heavy (non-hydrogen) atoms. The zero-order valence-electron chi connectivity index (χ0n) is 15.2. The number of sulfone groups is 1. The van der Waals surface area contributed by atoms with E-state index in [1.165, 1.54) is 36.8 Å². The maximum absolute atomic E-state index is 13.2. The Hall–Kier alpha value is -2.71. The molecule has 0 aliphatic rings. The summed E-state index contributed by atoms with van der Waals surface area (Å²) in [5, 5.41) is 3.71. The Morgan fingerprint density at radius 2 is 1.96 bits per heavy atom. The minimum Gasteiger partial charge on any atom is -0.497 e. The van der Waals surface area contributed by atoms with E-state index in [1.54, 1.807) is 30.5 Å². The first-order chi connectivity index (χ1) is 13.5. The maximum atomic E-state index is 13.2. The number of rotatable bonds is 8. The minimum absolute atomic E-state index is 0.0374. The van der Waals surface area contributed by atoms with Gasteiger partial charge in [-0.1, -0.05) is 12.1 Å². The summed E-state index contributed by atoms with van der Waals surface area (Å²) >= 11 is 1.49. The van der Waals surface area contributed by atoms with E-state index < -0.39 is 15.1 Å². The fourth-order valence-electron chi connectivity index (χ4n) is 2.74. The number of thiophene rings is 1. The molecule has 0 aliphatic carbocycles. The fourth-order valence-corrected chi connectivity index (χ4v) is 5.09. The van der Waals surface area contributed by atoms with Crippen molar-refractivity contribution in [3.63, 3.8) is 0 Å². The summed E-state index contributed by atoms with van der Waals surface area (Å²) in [6.45, 7) is -0.0374. The first kappa shape index (κ1) is 20.0. The number of aromatic nitrogens is 1. The quantitative estimate of drug-likeness (QED) is 0.610. The van der Waals surface area contributed by atoms with Gasteiger partial charge < -0.3 is 10.1 Å². The normalized spacial score (nSPS) is 12.3. The van der Waals surface area contributed by atoms with Crippen LogP contribution in [0.3, 0.4) is 0 Å². The molecule has 3 aromatic rings. The Labute approximate surface area is 168 Å². The van der Waals surface area contributed by atoms with Gasteiger partial charge in [0.15, 0.2) is 9.84 Å². The van der Waals surface area contributed by atoms with E-state index in [4.69, 9.17) is 4.74 Å². The number of benzene rings is 1. The van der Waals surface area contributed by atoms with Crippen molar-refractivity contribution in [2.24, 2.45) is 0 Å². The number of hydrogen-bond donors (Lipinski definition) is 1. The van der Waals surface area contributed by atoms with E-state index in [9.17, 15) is 13.2 Å². The molecule has 1 N–H and O–H groups in total. The Balaban J connectivity index is 1.83. The third-order valence-electron chi connectivity index (χ3n) is 4.22. The smallest absolute Gasteiger partial charge is 0.225 e. The van der Waals surface area contributed by atoms with Gasteiger partial charge in [0.05, 0.1) is 18.4 Å². The van der Waals surface area contributed by atoms with Crippen LogP contribution >= 0.6 is 11.3 Å². The standard InChI is InChI=1S/C20H20N2O4S2/c1-26-16-6-8-18(9-7-16)28(24,25)19(15-4-2-10-21-13-15)14-22-20(23)12-17-5-3-11-27-17/h2-11,13,19H,12,14H2,1H3,(H,22,23)/t19-/m0/s1. The van der Waals surface area contributed by atoms with Crippen LogP contribution in [0.25, 0.3) is 0 Å². The zero-order chi connectivity index (χ0) is 20.0. The predicted molar refractivity (Wildman–Crippen MR) is 108 cm³/mol. The molecule has 0 aliphatic heterocycles. The van der Waals surface area contributed by atoms with Crippen LogP contribution in [0.5, 0.6) is 5.75 Å². The third kappa shape index (κ3) is 4.76. The van der Waals surface area contributed by atoms with Crippen LogP contribution in [-0.2, 0) is 21.1 Å². The van der Waals surface area contributed by atoms with Crippen LogP contribution in [0.2, 0.25) is 0 Å². The van der Waals surface area contributed by atoms with E-state index >= 15 is 0 Å². The van der Waals surface area contributed by atoms with Crippen molar-refractivity contribution in [2.45, 2.75) is 16.6 Å². The van der Waals surface area contributed by atoms with Gasteiger partial charge in [0.25, 0.3) is 0 Å². The van der Waals surface area contributed by atoms with Crippen LogP contribution < -0.4 is 10.1 Å². The molecule has 2 heterocycles. The van der Waals surface area contributed by atoms with E-state index in [0.29, 0.717) is 11.3 Å². The second-order valence-corrected chi connectivity index (χ2v) is 9.22. The highest BCUT2D eigenvalue weighted by atomic mass is 32.2. The Morgan fingerprint density at radius 1 is 1.18 bits per heavy atom. The van der Waals surface area contributed by atoms with Gasteiger partial charge in [-0.2, -0.15) is 0 Å². The predicted octanol–water partition coefficient (Wildman–Crippen LogP) is 3.03.